The lowest BCUT2D eigenvalue weighted by Crippen LogP contribution is -2.24. The van der Waals surface area contributed by atoms with Gasteiger partial charge in [0.1, 0.15) is 41.0 Å². The van der Waals surface area contributed by atoms with Crippen LogP contribution < -0.4 is 4.74 Å². The van der Waals surface area contributed by atoms with E-state index in [1.807, 2.05) is 111 Å². The number of aromatic hydroxyl groups is 1. The van der Waals surface area contributed by atoms with E-state index >= 15 is 0 Å². The maximum absolute atomic E-state index is 9.37. The number of aryl methyl sites for hydroxylation is 2. The number of nitrogens with zero attached hydrogens (tertiary/aromatic N) is 2. The van der Waals surface area contributed by atoms with Crippen molar-refractivity contribution in [3.8, 4) is 56.3 Å². The van der Waals surface area contributed by atoms with Crippen LogP contribution in [-0.4, -0.2) is 66.4 Å². The van der Waals surface area contributed by atoms with Gasteiger partial charge in [0.05, 0.1) is 24.3 Å². The summed E-state index contributed by atoms with van der Waals surface area (Å²) in [6.45, 7) is 7.26. The number of benzene rings is 4. The summed E-state index contributed by atoms with van der Waals surface area (Å²) in [4.78, 5) is 0. The van der Waals surface area contributed by atoms with Gasteiger partial charge in [-0.3, -0.25) is 0 Å². The van der Waals surface area contributed by atoms with Gasteiger partial charge in [0.25, 0.3) is 0 Å². The van der Waals surface area contributed by atoms with Gasteiger partial charge >= 0.3 is 0 Å². The molecule has 0 spiro atoms. The number of hydrogen-bond donors (Lipinski definition) is 1. The summed E-state index contributed by atoms with van der Waals surface area (Å²) in [5.41, 5.74) is 7.74. The van der Waals surface area contributed by atoms with Crippen molar-refractivity contribution in [1.29, 1.82) is 0 Å². The first-order valence-corrected chi connectivity index (χ1v) is 20.7. The van der Waals surface area contributed by atoms with Crippen LogP contribution in [0.15, 0.2) is 118 Å². The average Bonchev–Trinajstić information content (AvgIpc) is 3.86. The van der Waals surface area contributed by atoms with Crippen molar-refractivity contribution in [1.82, 2.24) is 10.3 Å². The maximum Gasteiger partial charge on any atom is 0.157 e. The summed E-state index contributed by atoms with van der Waals surface area (Å²) >= 11 is 3.30. The second kappa shape index (κ2) is 22.2. The highest BCUT2D eigenvalue weighted by atomic mass is 79.9. The highest BCUT2D eigenvalue weighted by Crippen LogP contribution is 2.36. The molecule has 300 valence electrons. The van der Waals surface area contributed by atoms with Gasteiger partial charge in [-0.05, 0) is 87.8 Å². The van der Waals surface area contributed by atoms with Crippen LogP contribution in [0.3, 0.4) is 0 Å². The van der Waals surface area contributed by atoms with E-state index in [2.05, 4.69) is 26.2 Å². The van der Waals surface area contributed by atoms with Crippen LogP contribution in [0.25, 0.3) is 44.8 Å². The summed E-state index contributed by atoms with van der Waals surface area (Å²) < 4.78 is 38.5. The highest BCUT2D eigenvalue weighted by molar-refractivity contribution is 9.09. The largest absolute Gasteiger partial charge is 0.508 e. The molecule has 0 bridgehead atoms. The zero-order chi connectivity index (χ0) is 39.7. The normalized spacial score (nSPS) is 16.5. The fourth-order valence-corrected chi connectivity index (χ4v) is 6.74. The minimum Gasteiger partial charge on any atom is -0.508 e. The van der Waals surface area contributed by atoms with Gasteiger partial charge < -0.3 is 37.8 Å². The molecule has 6 aromatic rings. The van der Waals surface area contributed by atoms with Crippen molar-refractivity contribution in [2.45, 2.75) is 65.0 Å². The summed E-state index contributed by atoms with van der Waals surface area (Å²) in [5, 5.41) is 18.7. The van der Waals surface area contributed by atoms with E-state index in [9.17, 15) is 5.11 Å². The lowest BCUT2D eigenvalue weighted by molar-refractivity contribution is -0.165. The Morgan fingerprint density at radius 3 is 1.51 bits per heavy atom. The van der Waals surface area contributed by atoms with Crippen LogP contribution in [0.1, 0.15) is 50.0 Å². The third kappa shape index (κ3) is 12.4. The first-order valence-electron chi connectivity index (χ1n) is 19.6. The zero-order valence-electron chi connectivity index (χ0n) is 32.6. The van der Waals surface area contributed by atoms with E-state index in [-0.39, 0.29) is 18.3 Å². The molecule has 0 amide bonds. The Morgan fingerprint density at radius 2 is 1.05 bits per heavy atom. The number of phenols is 1. The molecule has 2 unspecified atom stereocenters. The third-order valence-electron chi connectivity index (χ3n) is 9.43. The Bertz CT molecular complexity index is 2020. The summed E-state index contributed by atoms with van der Waals surface area (Å²) in [6, 6.07) is 35.0. The van der Waals surface area contributed by atoms with Crippen molar-refractivity contribution in [2.75, 3.05) is 38.4 Å². The fourth-order valence-electron chi connectivity index (χ4n) is 6.56. The van der Waals surface area contributed by atoms with E-state index in [4.69, 9.17) is 32.7 Å². The van der Waals surface area contributed by atoms with Gasteiger partial charge in [-0.2, -0.15) is 0 Å². The minimum absolute atomic E-state index is 0.0753. The number of ether oxygens (including phenoxy) is 5. The number of halogens is 1. The molecule has 0 aliphatic carbocycles. The van der Waals surface area contributed by atoms with E-state index in [1.165, 1.54) is 19.3 Å². The second-order valence-corrected chi connectivity index (χ2v) is 14.4. The van der Waals surface area contributed by atoms with E-state index in [0.29, 0.717) is 13.2 Å². The standard InChI is InChI=1S/C23H25NO4.C16H13NO2.C7H13BrO2/c1-17-22(23(24-28-17)19-7-3-2-4-8-19)18-10-12-20(13-11-18)25-15-16-27-21-9-5-6-14-26-21;1-11-15(12-7-9-14(18)10-8-12)16(17-19-11)13-5-3-2-4-6-13;8-4-6-10-7-3-1-2-5-9-7/h2-4,7-8,10-13,21H,5-6,9,14-16H2,1H3;2-10,18H,1H3;7H,1-6H2. The fraction of sp³-hybridized carbons (Fsp3) is 0.348. The van der Waals surface area contributed by atoms with Crippen LogP contribution in [0.5, 0.6) is 11.5 Å². The number of hydrogen-bond acceptors (Lipinski definition) is 10. The molecule has 2 aliphatic heterocycles. The Labute approximate surface area is 343 Å². The Kier molecular flexibility index (Phi) is 16.3. The zero-order valence-corrected chi connectivity index (χ0v) is 34.2. The van der Waals surface area contributed by atoms with E-state index in [1.54, 1.807) is 12.1 Å². The van der Waals surface area contributed by atoms with Gasteiger partial charge in [-0.15, -0.1) is 0 Å². The minimum atomic E-state index is -0.0762. The van der Waals surface area contributed by atoms with E-state index < -0.39 is 0 Å². The molecular weight excluding hydrogens is 788 g/mol. The van der Waals surface area contributed by atoms with Crippen LogP contribution >= 0.6 is 15.9 Å². The van der Waals surface area contributed by atoms with Gasteiger partial charge in [0.15, 0.2) is 12.6 Å². The van der Waals surface area contributed by atoms with Crippen LogP contribution in [0, 0.1) is 13.8 Å². The van der Waals surface area contributed by atoms with Crippen molar-refractivity contribution in [3.05, 3.63) is 121 Å². The van der Waals surface area contributed by atoms with Crippen molar-refractivity contribution in [3.63, 3.8) is 0 Å². The lowest BCUT2D eigenvalue weighted by Gasteiger charge is -2.22. The maximum atomic E-state index is 9.37. The van der Waals surface area contributed by atoms with Crippen LogP contribution in [0.4, 0.5) is 0 Å². The molecule has 4 aromatic carbocycles. The molecular formula is C46H51BrN2O8. The Morgan fingerprint density at radius 1 is 0.579 bits per heavy atom. The number of phenolic OH excluding ortho intramolecular Hbond substituents is 1. The first-order chi connectivity index (χ1) is 28.0. The summed E-state index contributed by atoms with van der Waals surface area (Å²) in [6.07, 6.45) is 6.75. The van der Waals surface area contributed by atoms with Gasteiger partial charge in [0.2, 0.25) is 0 Å². The molecule has 11 heteroatoms. The van der Waals surface area contributed by atoms with Crippen molar-refractivity contribution in [2.24, 2.45) is 0 Å². The molecule has 2 aliphatic rings. The van der Waals surface area contributed by atoms with Crippen molar-refractivity contribution >= 4 is 15.9 Å². The SMILES string of the molecule is BrCCOC1CCCCO1.Cc1onc(-c2ccccc2)c1-c1ccc(O)cc1.Cc1onc(-c2ccccc2)c1-c1ccc(OCCOC2CCCCO2)cc1. The molecule has 8 rings (SSSR count). The van der Waals surface area contributed by atoms with Crippen LogP contribution in [-0.2, 0) is 18.9 Å². The van der Waals surface area contributed by atoms with Gasteiger partial charge in [0, 0.05) is 29.7 Å². The smallest absolute Gasteiger partial charge is 0.157 e. The molecule has 2 saturated heterocycles. The van der Waals surface area contributed by atoms with E-state index in [0.717, 1.165) is 106 Å². The number of alkyl halides is 1. The second-order valence-electron chi connectivity index (χ2n) is 13.6. The molecule has 10 nitrogen and oxygen atoms in total. The monoisotopic (exact) mass is 838 g/mol. The lowest BCUT2D eigenvalue weighted by atomic mass is 9.99. The summed E-state index contributed by atoms with van der Waals surface area (Å²) in [5.74, 6) is 2.63. The topological polar surface area (TPSA) is 118 Å². The van der Waals surface area contributed by atoms with Crippen molar-refractivity contribution < 1.29 is 37.8 Å². The molecule has 2 fully saturated rings. The average molecular weight is 840 g/mol. The molecule has 1 N–H and O–H groups in total. The number of aromatic nitrogens is 2. The quantitative estimate of drug-likeness (QED) is 0.0942. The predicted molar refractivity (Wildman–Crippen MR) is 224 cm³/mol. The van der Waals surface area contributed by atoms with Gasteiger partial charge in [-0.25, -0.2) is 0 Å². The third-order valence-corrected chi connectivity index (χ3v) is 9.76. The first kappa shape index (κ1) is 41.8. The molecule has 0 saturated carbocycles. The number of rotatable bonds is 12. The molecule has 4 heterocycles. The molecule has 2 atom stereocenters. The molecule has 57 heavy (non-hydrogen) atoms. The van der Waals surface area contributed by atoms with Gasteiger partial charge in [-0.1, -0.05) is 111 Å². The Balaban J connectivity index is 0.000000162. The molecule has 2 aromatic heterocycles. The predicted octanol–water partition coefficient (Wildman–Crippen LogP) is 11.2. The Hall–Kier alpha value is -4.78. The summed E-state index contributed by atoms with van der Waals surface area (Å²) in [7, 11) is 0. The highest BCUT2D eigenvalue weighted by Gasteiger charge is 2.18. The molecule has 0 radical (unpaired) electrons. The van der Waals surface area contributed by atoms with Crippen LogP contribution in [0.2, 0.25) is 0 Å².